The maximum Gasteiger partial charge on any atom is 0.356 e. The van der Waals surface area contributed by atoms with Crippen LogP contribution < -0.4 is 15.0 Å². The molecule has 3 rings (SSSR count). The maximum atomic E-state index is 12.7. The van der Waals surface area contributed by atoms with Crippen molar-refractivity contribution in [3.63, 3.8) is 0 Å². The Morgan fingerprint density at radius 1 is 1.26 bits per heavy atom. The number of amides is 1. The van der Waals surface area contributed by atoms with Gasteiger partial charge in [-0.05, 0) is 26.0 Å². The summed E-state index contributed by atoms with van der Waals surface area (Å²) in [4.78, 5) is 29.1. The summed E-state index contributed by atoms with van der Waals surface area (Å²) in [5, 5.41) is 3.53. The Kier molecular flexibility index (Phi) is 5.67. The number of ether oxygens (including phenoxy) is 3. The molecule has 2 heterocycles. The molecular formula is C19H26N3O5+. The number of quaternary nitrogens is 1. The summed E-state index contributed by atoms with van der Waals surface area (Å²) < 4.78 is 16.0. The van der Waals surface area contributed by atoms with Gasteiger partial charge in [0.2, 0.25) is 0 Å². The number of methoxy groups -OCH3 is 2. The summed E-state index contributed by atoms with van der Waals surface area (Å²) in [5.74, 6) is -0.164. The first-order valence-corrected chi connectivity index (χ1v) is 8.98. The van der Waals surface area contributed by atoms with Crippen molar-refractivity contribution in [2.24, 2.45) is 0 Å². The van der Waals surface area contributed by atoms with Gasteiger partial charge in [-0.25, -0.2) is 4.79 Å². The fraction of sp³-hybridized carbons (Fsp3) is 0.474. The predicted molar refractivity (Wildman–Crippen MR) is 100 cm³/mol. The van der Waals surface area contributed by atoms with Crippen LogP contribution in [0.3, 0.4) is 0 Å². The topological polar surface area (TPSA) is 94.1 Å². The van der Waals surface area contributed by atoms with E-state index in [2.05, 4.69) is 10.3 Å². The molecule has 2 atom stereocenters. The minimum Gasteiger partial charge on any atom is -0.496 e. The molecule has 8 heteroatoms. The summed E-state index contributed by atoms with van der Waals surface area (Å²) in [6.45, 7) is 5.83. The third-order valence-corrected chi connectivity index (χ3v) is 4.69. The summed E-state index contributed by atoms with van der Waals surface area (Å²) in [5.41, 5.74) is 1.27. The molecule has 0 spiro atoms. The van der Waals surface area contributed by atoms with Crippen molar-refractivity contribution < 1.29 is 28.7 Å². The van der Waals surface area contributed by atoms with E-state index in [1.165, 1.54) is 7.11 Å². The Balaban J connectivity index is 1.88. The third kappa shape index (κ3) is 4.06. The third-order valence-electron chi connectivity index (χ3n) is 4.69. The normalized spacial score (nSPS) is 22.4. The van der Waals surface area contributed by atoms with Crippen LogP contribution in [0, 0.1) is 0 Å². The number of benzene rings is 1. The number of carbonyl (C=O) groups excluding carboxylic acids is 2. The number of hydrogen-bond donors (Lipinski definition) is 3. The molecule has 0 unspecified atom stereocenters. The molecule has 1 aromatic carbocycles. The number of morpholine rings is 1. The van der Waals surface area contributed by atoms with Crippen LogP contribution in [0.15, 0.2) is 18.2 Å². The lowest BCUT2D eigenvalue weighted by molar-refractivity contribution is -0.907. The van der Waals surface area contributed by atoms with Crippen LogP contribution in [0.4, 0.5) is 5.69 Å². The van der Waals surface area contributed by atoms with Crippen LogP contribution in [-0.2, 0) is 14.3 Å². The average molecular weight is 376 g/mol. The van der Waals surface area contributed by atoms with Crippen LogP contribution in [0.2, 0.25) is 0 Å². The highest BCUT2D eigenvalue weighted by atomic mass is 16.5. The molecule has 0 radical (unpaired) electrons. The molecule has 0 saturated carbocycles. The first kappa shape index (κ1) is 19.2. The van der Waals surface area contributed by atoms with E-state index < -0.39 is 5.97 Å². The fourth-order valence-electron chi connectivity index (χ4n) is 3.71. The molecular weight excluding hydrogens is 350 g/mol. The number of aromatic nitrogens is 1. The molecule has 3 N–H and O–H groups in total. The Bertz CT molecular complexity index is 837. The summed E-state index contributed by atoms with van der Waals surface area (Å²) in [6.07, 6.45) is 0.214. The van der Waals surface area contributed by atoms with E-state index in [-0.39, 0.29) is 23.8 Å². The lowest BCUT2D eigenvalue weighted by Crippen LogP contribution is -3.16. The zero-order valence-electron chi connectivity index (χ0n) is 16.0. The molecule has 8 nitrogen and oxygen atoms in total. The number of fused-ring (bicyclic) bond motifs is 1. The van der Waals surface area contributed by atoms with Crippen molar-refractivity contribution in [3.8, 4) is 5.75 Å². The lowest BCUT2D eigenvalue weighted by atomic mass is 10.2. The van der Waals surface area contributed by atoms with E-state index in [1.54, 1.807) is 13.2 Å². The van der Waals surface area contributed by atoms with Gasteiger partial charge >= 0.3 is 5.97 Å². The number of aromatic amines is 1. The van der Waals surface area contributed by atoms with E-state index in [1.807, 2.05) is 26.0 Å². The number of H-pyrrole nitrogens is 1. The van der Waals surface area contributed by atoms with E-state index >= 15 is 0 Å². The van der Waals surface area contributed by atoms with E-state index in [0.717, 1.165) is 18.0 Å². The van der Waals surface area contributed by atoms with Gasteiger partial charge in [-0.2, -0.15) is 0 Å². The van der Waals surface area contributed by atoms with E-state index in [0.29, 0.717) is 28.9 Å². The highest BCUT2D eigenvalue weighted by molar-refractivity contribution is 6.13. The smallest absolute Gasteiger partial charge is 0.356 e. The molecule has 2 aromatic rings. The van der Waals surface area contributed by atoms with Gasteiger partial charge in [-0.3, -0.25) is 4.79 Å². The van der Waals surface area contributed by atoms with Crippen LogP contribution >= 0.6 is 0 Å². The molecule has 1 amide bonds. The van der Waals surface area contributed by atoms with Crippen LogP contribution in [0.5, 0.6) is 5.75 Å². The summed E-state index contributed by atoms with van der Waals surface area (Å²) in [6, 6.07) is 5.41. The van der Waals surface area contributed by atoms with Crippen molar-refractivity contribution in [1.29, 1.82) is 0 Å². The average Bonchev–Trinajstić information content (AvgIpc) is 2.98. The van der Waals surface area contributed by atoms with Gasteiger partial charge in [0.05, 0.1) is 30.8 Å². The quantitative estimate of drug-likeness (QED) is 0.664. The van der Waals surface area contributed by atoms with Gasteiger partial charge in [-0.1, -0.05) is 6.07 Å². The van der Waals surface area contributed by atoms with E-state index in [4.69, 9.17) is 14.2 Å². The standard InChI is InChI=1S/C19H25N3O5/c1-11-8-22(9-12(2)27-11)10-15(23)21-17-16-13(6-5-7-14(16)25-3)20-18(17)19(24)26-4/h5-7,11-12,20H,8-10H2,1-4H3,(H,21,23)/p+1/t11-,12-/m1/s1. The number of carbonyl (C=O) groups is 2. The molecule has 1 aliphatic heterocycles. The van der Waals surface area contributed by atoms with Crippen molar-refractivity contribution in [3.05, 3.63) is 23.9 Å². The van der Waals surface area contributed by atoms with Gasteiger partial charge in [-0.15, -0.1) is 0 Å². The number of anilines is 1. The molecule has 27 heavy (non-hydrogen) atoms. The molecule has 0 bridgehead atoms. The number of nitrogens with one attached hydrogen (secondary N) is 3. The maximum absolute atomic E-state index is 12.7. The SMILES string of the molecule is COC(=O)c1[nH]c2cccc(OC)c2c1NC(=O)C[NH+]1C[C@@H](C)O[C@H](C)C1. The molecule has 0 aliphatic carbocycles. The monoisotopic (exact) mass is 376 g/mol. The second-order valence-electron chi connectivity index (χ2n) is 6.89. The Morgan fingerprint density at radius 3 is 2.59 bits per heavy atom. The first-order valence-electron chi connectivity index (χ1n) is 8.98. The van der Waals surface area contributed by atoms with Crippen molar-refractivity contribution in [2.75, 3.05) is 39.2 Å². The molecule has 1 saturated heterocycles. The summed E-state index contributed by atoms with van der Waals surface area (Å²) in [7, 11) is 2.85. The molecule has 1 aromatic heterocycles. The molecule has 1 aliphatic rings. The minimum absolute atomic E-state index is 0.107. The Labute approximate surface area is 157 Å². The number of hydrogen-bond acceptors (Lipinski definition) is 5. The fourth-order valence-corrected chi connectivity index (χ4v) is 3.71. The highest BCUT2D eigenvalue weighted by Gasteiger charge is 2.29. The lowest BCUT2D eigenvalue weighted by Gasteiger charge is -2.31. The molecule has 1 fully saturated rings. The summed E-state index contributed by atoms with van der Waals surface area (Å²) >= 11 is 0. The van der Waals surface area contributed by atoms with Crippen LogP contribution in [0.25, 0.3) is 10.9 Å². The largest absolute Gasteiger partial charge is 0.496 e. The van der Waals surface area contributed by atoms with Crippen LogP contribution in [0.1, 0.15) is 24.3 Å². The predicted octanol–water partition coefficient (Wildman–Crippen LogP) is 0.594. The van der Waals surface area contributed by atoms with E-state index in [9.17, 15) is 9.59 Å². The van der Waals surface area contributed by atoms with Gasteiger partial charge in [0.1, 0.15) is 36.7 Å². The van der Waals surface area contributed by atoms with Crippen molar-refractivity contribution in [1.82, 2.24) is 4.98 Å². The van der Waals surface area contributed by atoms with Crippen molar-refractivity contribution >= 4 is 28.5 Å². The number of esters is 1. The zero-order chi connectivity index (χ0) is 19.6. The highest BCUT2D eigenvalue weighted by Crippen LogP contribution is 2.35. The Morgan fingerprint density at radius 2 is 1.96 bits per heavy atom. The van der Waals surface area contributed by atoms with Gasteiger partial charge in [0.15, 0.2) is 6.54 Å². The number of rotatable bonds is 5. The van der Waals surface area contributed by atoms with Gasteiger partial charge < -0.3 is 29.4 Å². The second kappa shape index (κ2) is 7.98. The zero-order valence-corrected chi connectivity index (χ0v) is 16.0. The minimum atomic E-state index is -0.551. The van der Waals surface area contributed by atoms with Gasteiger partial charge in [0, 0.05) is 0 Å². The van der Waals surface area contributed by atoms with Gasteiger partial charge in [0.25, 0.3) is 5.91 Å². The Hall–Kier alpha value is -2.58. The second-order valence-corrected chi connectivity index (χ2v) is 6.89. The molecule has 146 valence electrons. The van der Waals surface area contributed by atoms with Crippen LogP contribution in [-0.4, -0.2) is 62.9 Å². The van der Waals surface area contributed by atoms with Crippen molar-refractivity contribution in [2.45, 2.75) is 26.1 Å². The first-order chi connectivity index (χ1) is 12.9.